The van der Waals surface area contributed by atoms with E-state index >= 15 is 0 Å². The van der Waals surface area contributed by atoms with Gasteiger partial charge in [-0.05, 0) is 30.9 Å². The molecule has 1 aromatic rings. The summed E-state index contributed by atoms with van der Waals surface area (Å²) >= 11 is 6.12. The average Bonchev–Trinajstić information content (AvgIpc) is 2.42. The smallest absolute Gasteiger partial charge is 0.167 e. The van der Waals surface area contributed by atoms with Gasteiger partial charge in [0.05, 0.1) is 0 Å². The molecule has 2 rings (SSSR count). The standard InChI is InChI=1S/C16H22ClNO/c1-12-8-6-4-2-3-5-7-9-13-10-14(15(12)19)11-18-16(13)17/h10-12H,2-9H2,1H3. The Hall–Kier alpha value is -0.890. The summed E-state index contributed by atoms with van der Waals surface area (Å²) in [6.07, 6.45) is 10.9. The lowest BCUT2D eigenvalue weighted by atomic mass is 9.94. The lowest BCUT2D eigenvalue weighted by molar-refractivity contribution is 0.0922. The van der Waals surface area contributed by atoms with Crippen LogP contribution in [0.1, 0.15) is 67.8 Å². The third kappa shape index (κ3) is 4.04. The highest BCUT2D eigenvalue weighted by Gasteiger charge is 2.17. The second-order valence-electron chi connectivity index (χ2n) is 5.60. The number of carbonyl (C=O) groups excluding carboxylic acids is 1. The molecule has 1 aliphatic rings. The highest BCUT2D eigenvalue weighted by atomic mass is 35.5. The number of Topliss-reactive ketones (excluding diaryl/α,β-unsaturated/α-hetero) is 1. The van der Waals surface area contributed by atoms with Crippen molar-refractivity contribution in [2.24, 2.45) is 5.92 Å². The molecule has 0 aliphatic heterocycles. The van der Waals surface area contributed by atoms with Crippen molar-refractivity contribution in [2.75, 3.05) is 0 Å². The first-order chi connectivity index (χ1) is 9.18. The molecule has 0 amide bonds. The molecule has 1 heterocycles. The molecule has 0 aromatic carbocycles. The van der Waals surface area contributed by atoms with Gasteiger partial charge in [-0.25, -0.2) is 4.98 Å². The van der Waals surface area contributed by atoms with Gasteiger partial charge in [-0.2, -0.15) is 0 Å². The Morgan fingerprint density at radius 3 is 2.63 bits per heavy atom. The van der Waals surface area contributed by atoms with Crippen LogP contribution in [0.15, 0.2) is 12.3 Å². The molecule has 1 aromatic heterocycles. The Labute approximate surface area is 120 Å². The van der Waals surface area contributed by atoms with Gasteiger partial charge in [0, 0.05) is 17.7 Å². The van der Waals surface area contributed by atoms with E-state index in [9.17, 15) is 4.79 Å². The molecule has 0 saturated heterocycles. The van der Waals surface area contributed by atoms with E-state index in [1.807, 2.05) is 13.0 Å². The van der Waals surface area contributed by atoms with Crippen molar-refractivity contribution in [1.82, 2.24) is 4.98 Å². The van der Waals surface area contributed by atoms with E-state index in [0.29, 0.717) is 5.15 Å². The number of aromatic nitrogens is 1. The maximum atomic E-state index is 12.3. The number of halogens is 1. The minimum Gasteiger partial charge on any atom is -0.294 e. The summed E-state index contributed by atoms with van der Waals surface area (Å²) in [5, 5.41) is 0.555. The summed E-state index contributed by atoms with van der Waals surface area (Å²) < 4.78 is 0. The molecule has 0 radical (unpaired) electrons. The second-order valence-corrected chi connectivity index (χ2v) is 5.96. The van der Waals surface area contributed by atoms with E-state index in [0.717, 1.165) is 36.8 Å². The SMILES string of the molecule is CC1CCCCCCCCc2cc(cnc2Cl)C1=O. The van der Waals surface area contributed by atoms with Crippen LogP contribution in [0.4, 0.5) is 0 Å². The zero-order chi connectivity index (χ0) is 13.7. The van der Waals surface area contributed by atoms with Crippen LogP contribution in [0, 0.1) is 5.92 Å². The third-order valence-electron chi connectivity index (χ3n) is 3.98. The Balaban J connectivity index is 2.21. The fourth-order valence-electron chi connectivity index (χ4n) is 2.69. The van der Waals surface area contributed by atoms with E-state index in [1.54, 1.807) is 6.20 Å². The zero-order valence-electron chi connectivity index (χ0n) is 11.6. The summed E-state index contributed by atoms with van der Waals surface area (Å²) in [4.78, 5) is 16.5. The van der Waals surface area contributed by atoms with E-state index in [1.165, 1.54) is 25.7 Å². The van der Waals surface area contributed by atoms with Crippen LogP contribution >= 0.6 is 11.6 Å². The third-order valence-corrected chi connectivity index (χ3v) is 4.32. The Morgan fingerprint density at radius 2 is 1.84 bits per heavy atom. The number of nitrogens with zero attached hydrogens (tertiary/aromatic N) is 1. The van der Waals surface area contributed by atoms with Gasteiger partial charge in [0.1, 0.15) is 5.15 Å². The number of carbonyl (C=O) groups is 1. The monoisotopic (exact) mass is 279 g/mol. The molecule has 104 valence electrons. The number of hydrogen-bond acceptors (Lipinski definition) is 2. The van der Waals surface area contributed by atoms with Crippen LogP contribution in [-0.2, 0) is 6.42 Å². The topological polar surface area (TPSA) is 30.0 Å². The molecule has 2 bridgehead atoms. The molecule has 0 spiro atoms. The van der Waals surface area contributed by atoms with Crippen molar-refractivity contribution in [1.29, 1.82) is 0 Å². The van der Waals surface area contributed by atoms with E-state index in [-0.39, 0.29) is 11.7 Å². The number of rotatable bonds is 0. The fraction of sp³-hybridized carbons (Fsp3) is 0.625. The van der Waals surface area contributed by atoms with Crippen LogP contribution < -0.4 is 0 Å². The van der Waals surface area contributed by atoms with E-state index < -0.39 is 0 Å². The van der Waals surface area contributed by atoms with Gasteiger partial charge < -0.3 is 0 Å². The highest BCUT2D eigenvalue weighted by molar-refractivity contribution is 6.30. The van der Waals surface area contributed by atoms with Gasteiger partial charge in [-0.1, -0.05) is 50.6 Å². The van der Waals surface area contributed by atoms with Crippen LogP contribution in [0.25, 0.3) is 0 Å². The Bertz CT molecular complexity index is 444. The van der Waals surface area contributed by atoms with Crippen molar-refractivity contribution in [3.05, 3.63) is 28.5 Å². The minimum atomic E-state index is 0.0941. The Kier molecular flexibility index (Phi) is 5.38. The number of pyridine rings is 1. The van der Waals surface area contributed by atoms with Crippen LogP contribution in [0.2, 0.25) is 5.15 Å². The van der Waals surface area contributed by atoms with Crippen molar-refractivity contribution >= 4 is 17.4 Å². The molecule has 0 fully saturated rings. The fourth-order valence-corrected chi connectivity index (χ4v) is 2.89. The molecule has 0 N–H and O–H groups in total. The van der Waals surface area contributed by atoms with Crippen molar-refractivity contribution in [2.45, 2.75) is 58.3 Å². The molecule has 19 heavy (non-hydrogen) atoms. The molecular weight excluding hydrogens is 258 g/mol. The van der Waals surface area contributed by atoms with E-state index in [4.69, 9.17) is 11.6 Å². The summed E-state index contributed by atoms with van der Waals surface area (Å²) in [7, 11) is 0. The predicted molar refractivity (Wildman–Crippen MR) is 78.8 cm³/mol. The summed E-state index contributed by atoms with van der Waals surface area (Å²) in [5.74, 6) is 0.307. The molecule has 3 heteroatoms. The summed E-state index contributed by atoms with van der Waals surface area (Å²) in [6, 6.07) is 1.95. The molecule has 1 atom stereocenters. The maximum absolute atomic E-state index is 12.3. The largest absolute Gasteiger partial charge is 0.294 e. The van der Waals surface area contributed by atoms with Gasteiger partial charge in [0.2, 0.25) is 0 Å². The summed E-state index contributed by atoms with van der Waals surface area (Å²) in [5.41, 5.74) is 1.75. The zero-order valence-corrected chi connectivity index (χ0v) is 12.4. The molecule has 1 unspecified atom stereocenters. The summed E-state index contributed by atoms with van der Waals surface area (Å²) in [6.45, 7) is 2.02. The van der Waals surface area contributed by atoms with Crippen LogP contribution in [0.3, 0.4) is 0 Å². The molecule has 0 saturated carbocycles. The number of fused-ring (bicyclic) bond motifs is 2. The van der Waals surface area contributed by atoms with Gasteiger partial charge in [-0.15, -0.1) is 0 Å². The normalized spacial score (nSPS) is 22.2. The first-order valence-corrected chi connectivity index (χ1v) is 7.75. The maximum Gasteiger partial charge on any atom is 0.167 e. The molecular formula is C16H22ClNO. The lowest BCUT2D eigenvalue weighted by Crippen LogP contribution is -2.12. The van der Waals surface area contributed by atoms with Crippen molar-refractivity contribution < 1.29 is 4.79 Å². The average molecular weight is 280 g/mol. The molecule has 1 aliphatic carbocycles. The minimum absolute atomic E-state index is 0.0941. The second kappa shape index (κ2) is 7.04. The quantitative estimate of drug-likeness (QED) is 0.636. The number of aryl methyl sites for hydroxylation is 1. The van der Waals surface area contributed by atoms with Gasteiger partial charge in [-0.3, -0.25) is 4.79 Å². The van der Waals surface area contributed by atoms with Crippen LogP contribution in [0.5, 0.6) is 0 Å². The van der Waals surface area contributed by atoms with Crippen molar-refractivity contribution in [3.8, 4) is 0 Å². The molecule has 2 nitrogen and oxygen atoms in total. The highest BCUT2D eigenvalue weighted by Crippen LogP contribution is 2.22. The van der Waals surface area contributed by atoms with Gasteiger partial charge in [0.15, 0.2) is 5.78 Å². The first kappa shape index (κ1) is 14.5. The van der Waals surface area contributed by atoms with Gasteiger partial charge >= 0.3 is 0 Å². The van der Waals surface area contributed by atoms with Crippen LogP contribution in [-0.4, -0.2) is 10.8 Å². The van der Waals surface area contributed by atoms with E-state index in [2.05, 4.69) is 4.98 Å². The van der Waals surface area contributed by atoms with Gasteiger partial charge in [0.25, 0.3) is 0 Å². The number of ketones is 1. The Morgan fingerprint density at radius 1 is 1.16 bits per heavy atom. The predicted octanol–water partition coefficient (Wildman–Crippen LogP) is 4.84. The lowest BCUT2D eigenvalue weighted by Gasteiger charge is -2.11. The number of hydrogen-bond donors (Lipinski definition) is 0. The first-order valence-electron chi connectivity index (χ1n) is 7.37. The van der Waals surface area contributed by atoms with Crippen molar-refractivity contribution in [3.63, 3.8) is 0 Å².